The maximum atomic E-state index is 5.92. The van der Waals surface area contributed by atoms with Crippen molar-refractivity contribution in [3.63, 3.8) is 0 Å². The average Bonchev–Trinajstić information content (AvgIpc) is 2.80. The van der Waals surface area contributed by atoms with E-state index in [4.69, 9.17) is 10.7 Å². The van der Waals surface area contributed by atoms with Gasteiger partial charge in [0.25, 0.3) is 0 Å². The van der Waals surface area contributed by atoms with Gasteiger partial charge in [-0.2, -0.15) is 0 Å². The molecule has 0 aliphatic carbocycles. The monoisotopic (exact) mass is 281 g/mol. The van der Waals surface area contributed by atoms with Gasteiger partial charge < -0.3 is 5.73 Å². The van der Waals surface area contributed by atoms with E-state index >= 15 is 0 Å². The summed E-state index contributed by atoms with van der Waals surface area (Å²) in [6.07, 6.45) is 3.83. The first-order valence-electron chi connectivity index (χ1n) is 7.32. The van der Waals surface area contributed by atoms with E-state index in [0.29, 0.717) is 12.1 Å². The van der Waals surface area contributed by atoms with E-state index in [9.17, 15) is 0 Å². The lowest BCUT2D eigenvalue weighted by molar-refractivity contribution is 0.0879. The van der Waals surface area contributed by atoms with Crippen LogP contribution in [0, 0.1) is 0 Å². The van der Waals surface area contributed by atoms with Crippen LogP contribution in [0.5, 0.6) is 0 Å². The molecule has 0 bridgehead atoms. The van der Waals surface area contributed by atoms with Crippen LogP contribution in [0.3, 0.4) is 0 Å². The number of hydrogen-bond donors (Lipinski definition) is 1. The van der Waals surface area contributed by atoms with Crippen LogP contribution in [-0.4, -0.2) is 28.5 Å². The molecule has 2 unspecified atom stereocenters. The number of hydrogen-bond acceptors (Lipinski definition) is 4. The molecule has 108 valence electrons. The summed E-state index contributed by atoms with van der Waals surface area (Å²) in [5, 5.41) is 3.45. The Morgan fingerprint density at radius 2 is 2.16 bits per heavy atom. The van der Waals surface area contributed by atoms with Crippen molar-refractivity contribution in [1.82, 2.24) is 9.88 Å². The third-order valence-electron chi connectivity index (χ3n) is 4.00. The SMILES string of the molecule is CC1CCCC(CN)N1Cc1csc(C(C)(C)C)n1. The Morgan fingerprint density at radius 3 is 2.74 bits per heavy atom. The minimum Gasteiger partial charge on any atom is -0.329 e. The summed E-state index contributed by atoms with van der Waals surface area (Å²) in [6, 6.07) is 1.16. The lowest BCUT2D eigenvalue weighted by Crippen LogP contribution is -2.48. The number of nitrogens with zero attached hydrogens (tertiary/aromatic N) is 2. The molecule has 3 nitrogen and oxygen atoms in total. The molecule has 2 rings (SSSR count). The number of aromatic nitrogens is 1. The van der Waals surface area contributed by atoms with E-state index in [2.05, 4.69) is 38.0 Å². The summed E-state index contributed by atoms with van der Waals surface area (Å²) < 4.78 is 0. The molecule has 0 radical (unpaired) electrons. The summed E-state index contributed by atoms with van der Waals surface area (Å²) in [6.45, 7) is 10.7. The molecule has 0 spiro atoms. The first-order chi connectivity index (χ1) is 8.91. The van der Waals surface area contributed by atoms with E-state index in [-0.39, 0.29) is 5.41 Å². The zero-order valence-corrected chi connectivity index (χ0v) is 13.5. The highest BCUT2D eigenvalue weighted by Gasteiger charge is 2.28. The summed E-state index contributed by atoms with van der Waals surface area (Å²) in [4.78, 5) is 7.36. The molecular formula is C15H27N3S. The van der Waals surface area contributed by atoms with Gasteiger partial charge in [-0.15, -0.1) is 11.3 Å². The molecule has 1 aromatic heterocycles. The van der Waals surface area contributed by atoms with Crippen molar-refractivity contribution in [3.05, 3.63) is 16.1 Å². The summed E-state index contributed by atoms with van der Waals surface area (Å²) in [5.41, 5.74) is 7.29. The Labute approximate surface area is 121 Å². The van der Waals surface area contributed by atoms with Gasteiger partial charge in [0.05, 0.1) is 10.7 Å². The van der Waals surface area contributed by atoms with E-state index in [1.807, 2.05) is 0 Å². The minimum absolute atomic E-state index is 0.156. The molecule has 19 heavy (non-hydrogen) atoms. The molecule has 2 heterocycles. The summed E-state index contributed by atoms with van der Waals surface area (Å²) >= 11 is 1.79. The molecule has 4 heteroatoms. The van der Waals surface area contributed by atoms with Crippen molar-refractivity contribution in [2.45, 2.75) is 71.0 Å². The van der Waals surface area contributed by atoms with E-state index in [0.717, 1.165) is 13.1 Å². The third kappa shape index (κ3) is 3.56. The van der Waals surface area contributed by atoms with Crippen molar-refractivity contribution in [3.8, 4) is 0 Å². The van der Waals surface area contributed by atoms with Gasteiger partial charge >= 0.3 is 0 Å². The van der Waals surface area contributed by atoms with Crippen LogP contribution in [-0.2, 0) is 12.0 Å². The molecule has 2 N–H and O–H groups in total. The number of rotatable bonds is 3. The molecule has 1 aliphatic rings. The van der Waals surface area contributed by atoms with Gasteiger partial charge in [-0.25, -0.2) is 4.98 Å². The second-order valence-corrected chi connectivity index (χ2v) is 7.59. The van der Waals surface area contributed by atoms with Crippen LogP contribution in [0.25, 0.3) is 0 Å². The predicted octanol–water partition coefficient (Wildman–Crippen LogP) is 3.14. The number of likely N-dealkylation sites (tertiary alicyclic amines) is 1. The van der Waals surface area contributed by atoms with Crippen LogP contribution in [0.2, 0.25) is 0 Å². The van der Waals surface area contributed by atoms with Crippen LogP contribution in [0.4, 0.5) is 0 Å². The number of thiazole rings is 1. The zero-order chi connectivity index (χ0) is 14.0. The van der Waals surface area contributed by atoms with Crippen molar-refractivity contribution < 1.29 is 0 Å². The first-order valence-corrected chi connectivity index (χ1v) is 8.20. The highest BCUT2D eigenvalue weighted by Crippen LogP contribution is 2.28. The highest BCUT2D eigenvalue weighted by atomic mass is 32.1. The fourth-order valence-electron chi connectivity index (χ4n) is 2.79. The second-order valence-electron chi connectivity index (χ2n) is 6.74. The predicted molar refractivity (Wildman–Crippen MR) is 82.5 cm³/mol. The Kier molecular flexibility index (Phi) is 4.64. The first kappa shape index (κ1) is 14.9. The average molecular weight is 281 g/mol. The van der Waals surface area contributed by atoms with Crippen molar-refractivity contribution in [2.24, 2.45) is 5.73 Å². The Hall–Kier alpha value is -0.450. The highest BCUT2D eigenvalue weighted by molar-refractivity contribution is 7.09. The Balaban J connectivity index is 2.08. The molecule has 0 amide bonds. The molecule has 1 aliphatic heterocycles. The topological polar surface area (TPSA) is 42.1 Å². The van der Waals surface area contributed by atoms with Crippen molar-refractivity contribution in [1.29, 1.82) is 0 Å². The molecule has 1 saturated heterocycles. The van der Waals surface area contributed by atoms with Crippen molar-refractivity contribution in [2.75, 3.05) is 6.54 Å². The number of nitrogens with two attached hydrogens (primary N) is 1. The van der Waals surface area contributed by atoms with Gasteiger partial charge in [0, 0.05) is 36.0 Å². The maximum Gasteiger partial charge on any atom is 0.0982 e. The van der Waals surface area contributed by atoms with Gasteiger partial charge in [-0.1, -0.05) is 27.2 Å². The van der Waals surface area contributed by atoms with Gasteiger partial charge in [-0.05, 0) is 19.8 Å². The quantitative estimate of drug-likeness (QED) is 0.925. The largest absolute Gasteiger partial charge is 0.329 e. The molecule has 1 aromatic rings. The van der Waals surface area contributed by atoms with Crippen LogP contribution in [0.15, 0.2) is 5.38 Å². The molecule has 2 atom stereocenters. The van der Waals surface area contributed by atoms with Crippen LogP contribution < -0.4 is 5.73 Å². The Morgan fingerprint density at radius 1 is 1.42 bits per heavy atom. The van der Waals surface area contributed by atoms with E-state index in [1.54, 1.807) is 11.3 Å². The van der Waals surface area contributed by atoms with Crippen molar-refractivity contribution >= 4 is 11.3 Å². The minimum atomic E-state index is 0.156. The lowest BCUT2D eigenvalue weighted by atomic mass is 9.96. The molecular weight excluding hydrogens is 254 g/mol. The second kappa shape index (κ2) is 5.90. The fourth-order valence-corrected chi connectivity index (χ4v) is 3.69. The fraction of sp³-hybridized carbons (Fsp3) is 0.800. The standard InChI is InChI=1S/C15H27N3S/c1-11-6-5-7-13(8-16)18(11)9-12-10-19-14(17-12)15(2,3)4/h10-11,13H,5-9,16H2,1-4H3. The zero-order valence-electron chi connectivity index (χ0n) is 12.6. The smallest absolute Gasteiger partial charge is 0.0982 e. The third-order valence-corrected chi connectivity index (χ3v) is 5.32. The number of piperidine rings is 1. The van der Waals surface area contributed by atoms with Gasteiger partial charge in [0.15, 0.2) is 0 Å². The van der Waals surface area contributed by atoms with E-state index < -0.39 is 0 Å². The maximum absolute atomic E-state index is 5.92. The molecule has 1 fully saturated rings. The van der Waals surface area contributed by atoms with Gasteiger partial charge in [-0.3, -0.25) is 4.90 Å². The molecule has 0 aromatic carbocycles. The van der Waals surface area contributed by atoms with E-state index in [1.165, 1.54) is 30.0 Å². The summed E-state index contributed by atoms with van der Waals surface area (Å²) in [5.74, 6) is 0. The normalized spacial score (nSPS) is 25.7. The summed E-state index contributed by atoms with van der Waals surface area (Å²) in [7, 11) is 0. The van der Waals surface area contributed by atoms with Gasteiger partial charge in [0.1, 0.15) is 0 Å². The van der Waals surface area contributed by atoms with Gasteiger partial charge in [0.2, 0.25) is 0 Å². The van der Waals surface area contributed by atoms with Crippen LogP contribution in [0.1, 0.15) is 57.7 Å². The Bertz CT molecular complexity index is 408. The molecule has 0 saturated carbocycles. The van der Waals surface area contributed by atoms with Crippen LogP contribution >= 0.6 is 11.3 Å². The lowest BCUT2D eigenvalue weighted by Gasteiger charge is -2.39.